The molecule has 1 saturated heterocycles. The van der Waals surface area contributed by atoms with Gasteiger partial charge < -0.3 is 19.3 Å². The van der Waals surface area contributed by atoms with Crippen LogP contribution in [-0.2, 0) is 34.6 Å². The number of methoxy groups -OCH3 is 1. The van der Waals surface area contributed by atoms with Crippen molar-refractivity contribution in [1.29, 1.82) is 0 Å². The Morgan fingerprint density at radius 2 is 1.46 bits per heavy atom. The number of hydrogen-bond donors (Lipinski definition) is 1. The first kappa shape index (κ1) is 36.2. The first-order valence-corrected chi connectivity index (χ1v) is 14.2. The maximum absolute atomic E-state index is 13.8. The Bertz CT molecular complexity index is 1650. The van der Waals surface area contributed by atoms with E-state index in [0.29, 0.717) is 17.7 Å². The van der Waals surface area contributed by atoms with Crippen LogP contribution < -0.4 is 9.47 Å². The third-order valence-corrected chi connectivity index (χ3v) is 7.68. The Labute approximate surface area is 267 Å². The van der Waals surface area contributed by atoms with Crippen LogP contribution in [0.1, 0.15) is 59.3 Å². The summed E-state index contributed by atoms with van der Waals surface area (Å²) in [7, 11) is 1.31. The lowest BCUT2D eigenvalue weighted by Crippen LogP contribution is -2.32. The third kappa shape index (κ3) is 8.08. The van der Waals surface area contributed by atoms with E-state index >= 15 is 0 Å². The number of benzene rings is 3. The number of cyclic esters (lactones) is 1. The topological polar surface area (TPSA) is 85.3 Å². The van der Waals surface area contributed by atoms with E-state index in [-0.39, 0.29) is 53.7 Å². The monoisotopic (exact) mass is 693 g/mol. The van der Waals surface area contributed by atoms with E-state index in [1.54, 1.807) is 6.92 Å². The fraction of sp³-hybridized carbons (Fsp3) is 0.375. The molecular formula is C32H28F9NO6. The molecule has 0 unspecified atom stereocenters. The first-order valence-electron chi connectivity index (χ1n) is 14.2. The first-order chi connectivity index (χ1) is 22.2. The summed E-state index contributed by atoms with van der Waals surface area (Å²) in [6, 6.07) is 5.26. The van der Waals surface area contributed by atoms with Crippen LogP contribution in [0.4, 0.5) is 44.3 Å². The van der Waals surface area contributed by atoms with Crippen molar-refractivity contribution in [3.05, 3.63) is 81.9 Å². The highest BCUT2D eigenvalue weighted by molar-refractivity contribution is 5.77. The molecule has 3 aromatic carbocycles. The zero-order valence-corrected chi connectivity index (χ0v) is 25.4. The van der Waals surface area contributed by atoms with E-state index < -0.39 is 71.5 Å². The zero-order chi connectivity index (χ0) is 35.8. The largest absolute Gasteiger partial charge is 0.496 e. The molecule has 1 amide bonds. The minimum absolute atomic E-state index is 0.00287. The summed E-state index contributed by atoms with van der Waals surface area (Å²) in [5.41, 5.74) is -4.13. The van der Waals surface area contributed by atoms with Gasteiger partial charge >= 0.3 is 30.6 Å². The molecule has 16 heteroatoms. The smallest absolute Gasteiger partial charge is 0.416 e. The molecule has 4 rings (SSSR count). The van der Waals surface area contributed by atoms with E-state index in [1.807, 2.05) is 0 Å². The van der Waals surface area contributed by atoms with Crippen LogP contribution in [-0.4, -0.2) is 41.8 Å². The van der Waals surface area contributed by atoms with Crippen LogP contribution in [0, 0.1) is 6.92 Å². The summed E-state index contributed by atoms with van der Waals surface area (Å²) in [6.45, 7) is 2.36. The molecule has 0 aromatic heterocycles. The highest BCUT2D eigenvalue weighted by atomic mass is 19.4. The highest BCUT2D eigenvalue weighted by Gasteiger charge is 2.44. The normalized spacial score (nSPS) is 17.0. The lowest BCUT2D eigenvalue weighted by Gasteiger charge is -2.24. The predicted octanol–water partition coefficient (Wildman–Crippen LogP) is 9.05. The number of aliphatic carboxylic acids is 1. The van der Waals surface area contributed by atoms with Gasteiger partial charge in [-0.15, -0.1) is 0 Å². The standard InChI is InChI=1S/C32H28F9NO6/c1-16-9-26(46-3)24(14-25(16)47-8-4-5-27(43)44)23-7-6-20(30(33,34)35)12-19(23)15-42-17(2)28(48-29(42)45)18-10-21(31(36,37)38)13-22(11-18)32(39,40)41/h6-7,9-14,17,28H,4-5,8,15H2,1-3H3,(H,43,44)/t17-,28-/m0/s1. The number of carbonyl (C=O) groups excluding carboxylic acids is 1. The Morgan fingerprint density at radius 1 is 0.854 bits per heavy atom. The van der Waals surface area contributed by atoms with Gasteiger partial charge in [0, 0.05) is 12.0 Å². The number of nitrogens with zero attached hydrogens (tertiary/aromatic N) is 1. The van der Waals surface area contributed by atoms with Crippen molar-refractivity contribution in [1.82, 2.24) is 4.90 Å². The molecule has 1 aliphatic heterocycles. The number of carboxylic acid groups (broad SMARTS) is 1. The van der Waals surface area contributed by atoms with Gasteiger partial charge in [-0.3, -0.25) is 9.69 Å². The van der Waals surface area contributed by atoms with Crippen LogP contribution >= 0.6 is 0 Å². The van der Waals surface area contributed by atoms with Crippen molar-refractivity contribution in [3.63, 3.8) is 0 Å². The zero-order valence-electron chi connectivity index (χ0n) is 25.4. The highest BCUT2D eigenvalue weighted by Crippen LogP contribution is 2.44. The number of aryl methyl sites for hydroxylation is 1. The van der Waals surface area contributed by atoms with E-state index in [9.17, 15) is 49.1 Å². The molecule has 1 fully saturated rings. The number of carboxylic acids is 1. The second kappa shape index (κ2) is 13.5. The van der Waals surface area contributed by atoms with Gasteiger partial charge in [0.2, 0.25) is 0 Å². The van der Waals surface area contributed by atoms with Crippen LogP contribution in [0.2, 0.25) is 0 Å². The van der Waals surface area contributed by atoms with Gasteiger partial charge in [0.15, 0.2) is 0 Å². The van der Waals surface area contributed by atoms with Crippen LogP contribution in [0.15, 0.2) is 48.5 Å². The van der Waals surface area contributed by atoms with E-state index in [2.05, 4.69) is 0 Å². The summed E-state index contributed by atoms with van der Waals surface area (Å²) >= 11 is 0. The van der Waals surface area contributed by atoms with Gasteiger partial charge in [-0.25, -0.2) is 4.79 Å². The summed E-state index contributed by atoms with van der Waals surface area (Å²) in [5, 5.41) is 8.88. The van der Waals surface area contributed by atoms with Gasteiger partial charge in [0.05, 0.1) is 43.0 Å². The average Bonchev–Trinajstić information content (AvgIpc) is 3.26. The summed E-state index contributed by atoms with van der Waals surface area (Å²) in [4.78, 5) is 24.8. The van der Waals surface area contributed by atoms with Crippen molar-refractivity contribution in [3.8, 4) is 22.6 Å². The van der Waals surface area contributed by atoms with E-state index in [4.69, 9.17) is 19.3 Å². The number of rotatable bonds is 10. The molecule has 1 heterocycles. The van der Waals surface area contributed by atoms with Gasteiger partial charge in [-0.1, -0.05) is 6.07 Å². The SMILES string of the molecule is COc1cc(C)c(OCCCC(=O)O)cc1-c1ccc(C(F)(F)F)cc1CN1C(=O)O[C@H](c2cc(C(F)(F)F)cc(C(F)(F)F)c2)[C@@H]1C. The van der Waals surface area contributed by atoms with Crippen molar-refractivity contribution in [2.45, 2.75) is 63.9 Å². The van der Waals surface area contributed by atoms with Crippen molar-refractivity contribution in [2.75, 3.05) is 13.7 Å². The molecule has 3 aromatic rings. The van der Waals surface area contributed by atoms with Crippen LogP contribution in [0.25, 0.3) is 11.1 Å². The molecule has 0 saturated carbocycles. The van der Waals surface area contributed by atoms with Crippen molar-refractivity contribution < 1.29 is 68.4 Å². The molecule has 0 bridgehead atoms. The van der Waals surface area contributed by atoms with E-state index in [0.717, 1.165) is 23.1 Å². The fourth-order valence-corrected chi connectivity index (χ4v) is 5.25. The Morgan fingerprint density at radius 3 is 2.00 bits per heavy atom. The molecule has 1 N–H and O–H groups in total. The lowest BCUT2D eigenvalue weighted by molar-refractivity contribution is -0.143. The number of carbonyl (C=O) groups is 2. The second-order valence-corrected chi connectivity index (χ2v) is 11.0. The third-order valence-electron chi connectivity index (χ3n) is 7.68. The summed E-state index contributed by atoms with van der Waals surface area (Å²) in [6.07, 6.45) is -18.0. The maximum atomic E-state index is 13.8. The molecule has 0 radical (unpaired) electrons. The molecule has 48 heavy (non-hydrogen) atoms. The molecular weight excluding hydrogens is 665 g/mol. The molecule has 7 nitrogen and oxygen atoms in total. The fourth-order valence-electron chi connectivity index (χ4n) is 5.25. The average molecular weight is 694 g/mol. The lowest BCUT2D eigenvalue weighted by atomic mass is 9.94. The summed E-state index contributed by atoms with van der Waals surface area (Å²) < 4.78 is 139. The van der Waals surface area contributed by atoms with Gasteiger partial charge in [-0.2, -0.15) is 39.5 Å². The molecule has 1 aliphatic rings. The number of amides is 1. The minimum atomic E-state index is -5.17. The van der Waals surface area contributed by atoms with Gasteiger partial charge in [-0.05, 0) is 85.0 Å². The van der Waals surface area contributed by atoms with Crippen molar-refractivity contribution in [2.24, 2.45) is 0 Å². The number of alkyl halides is 9. The Balaban J connectivity index is 1.76. The summed E-state index contributed by atoms with van der Waals surface area (Å²) in [5.74, 6) is -0.572. The number of ether oxygens (including phenoxy) is 3. The quantitative estimate of drug-likeness (QED) is 0.169. The molecule has 260 valence electrons. The molecule has 2 atom stereocenters. The molecule has 0 aliphatic carbocycles. The van der Waals surface area contributed by atoms with Gasteiger partial charge in [0.25, 0.3) is 0 Å². The Kier molecular flexibility index (Phi) is 10.2. The molecule has 0 spiro atoms. The van der Waals surface area contributed by atoms with Gasteiger partial charge in [0.1, 0.15) is 17.6 Å². The van der Waals surface area contributed by atoms with Crippen LogP contribution in [0.3, 0.4) is 0 Å². The minimum Gasteiger partial charge on any atom is -0.496 e. The van der Waals surface area contributed by atoms with Crippen molar-refractivity contribution >= 4 is 12.1 Å². The number of halogens is 9. The maximum Gasteiger partial charge on any atom is 0.416 e. The van der Waals surface area contributed by atoms with Crippen LogP contribution in [0.5, 0.6) is 11.5 Å². The second-order valence-electron chi connectivity index (χ2n) is 11.0. The Hall–Kier alpha value is -4.63. The van der Waals surface area contributed by atoms with E-state index in [1.165, 1.54) is 26.2 Å². The number of hydrogen-bond acceptors (Lipinski definition) is 5. The predicted molar refractivity (Wildman–Crippen MR) is 151 cm³/mol.